The second-order valence-corrected chi connectivity index (χ2v) is 7.70. The highest BCUT2D eigenvalue weighted by molar-refractivity contribution is 7.10. The molecule has 1 aromatic heterocycles. The zero-order valence-electron chi connectivity index (χ0n) is 13.2. The van der Waals surface area contributed by atoms with Crippen molar-refractivity contribution in [2.45, 2.75) is 64.7 Å². The van der Waals surface area contributed by atoms with Crippen molar-refractivity contribution >= 4 is 17.2 Å². The van der Waals surface area contributed by atoms with Crippen molar-refractivity contribution in [1.82, 2.24) is 10.2 Å². The third-order valence-corrected chi connectivity index (χ3v) is 5.93. The summed E-state index contributed by atoms with van der Waals surface area (Å²) >= 11 is 1.74. The van der Waals surface area contributed by atoms with E-state index in [0.717, 1.165) is 18.8 Å². The molecule has 2 fully saturated rings. The van der Waals surface area contributed by atoms with Gasteiger partial charge in [-0.1, -0.05) is 39.2 Å². The van der Waals surface area contributed by atoms with Crippen molar-refractivity contribution in [2.24, 2.45) is 11.8 Å². The van der Waals surface area contributed by atoms with E-state index in [9.17, 15) is 4.79 Å². The van der Waals surface area contributed by atoms with Gasteiger partial charge in [0.05, 0.1) is 6.04 Å². The van der Waals surface area contributed by atoms with Gasteiger partial charge in [-0.25, -0.2) is 0 Å². The van der Waals surface area contributed by atoms with Gasteiger partial charge in [-0.2, -0.15) is 0 Å². The van der Waals surface area contributed by atoms with Gasteiger partial charge >= 0.3 is 0 Å². The fraction of sp³-hybridized carbons (Fsp3) is 0.706. The van der Waals surface area contributed by atoms with Crippen molar-refractivity contribution in [2.75, 3.05) is 0 Å². The maximum atomic E-state index is 12.9. The van der Waals surface area contributed by atoms with Gasteiger partial charge in [0.25, 0.3) is 0 Å². The van der Waals surface area contributed by atoms with Crippen LogP contribution in [-0.2, 0) is 4.79 Å². The molecule has 4 heteroatoms. The van der Waals surface area contributed by atoms with E-state index in [1.807, 2.05) is 0 Å². The molecule has 3 nitrogen and oxygen atoms in total. The molecule has 0 radical (unpaired) electrons. The summed E-state index contributed by atoms with van der Waals surface area (Å²) in [5, 5.41) is 5.70. The van der Waals surface area contributed by atoms with Crippen molar-refractivity contribution in [3.63, 3.8) is 0 Å². The summed E-state index contributed by atoms with van der Waals surface area (Å²) in [6, 6.07) is 4.53. The fourth-order valence-corrected chi connectivity index (χ4v) is 4.12. The Kier molecular flexibility index (Phi) is 4.36. The van der Waals surface area contributed by atoms with Crippen molar-refractivity contribution in [3.8, 4) is 0 Å². The number of rotatable bonds is 6. The number of hydrogen-bond acceptors (Lipinski definition) is 3. The van der Waals surface area contributed by atoms with E-state index < -0.39 is 0 Å². The standard InChI is InChI=1S/C17H26N2OS/c1-4-11(2)15-17(20)19(12(3)10-13-7-8-13)16(18-15)14-6-5-9-21-14/h5-6,9,11-13,15-16,18H,4,7-8,10H2,1-3H3. The smallest absolute Gasteiger partial charge is 0.241 e. The first-order valence-corrected chi connectivity index (χ1v) is 9.11. The number of carbonyl (C=O) groups is 1. The van der Waals surface area contributed by atoms with Crippen LogP contribution in [0.15, 0.2) is 17.5 Å². The minimum absolute atomic E-state index is 0.0243. The third-order valence-electron chi connectivity index (χ3n) is 5.01. The Morgan fingerprint density at radius 3 is 2.76 bits per heavy atom. The molecular weight excluding hydrogens is 280 g/mol. The number of thiophene rings is 1. The van der Waals surface area contributed by atoms with Crippen molar-refractivity contribution in [3.05, 3.63) is 22.4 Å². The highest BCUT2D eigenvalue weighted by Gasteiger charge is 2.44. The van der Waals surface area contributed by atoms with E-state index >= 15 is 0 Å². The summed E-state index contributed by atoms with van der Waals surface area (Å²) in [6.07, 6.45) is 4.95. The van der Waals surface area contributed by atoms with Gasteiger partial charge in [0.1, 0.15) is 6.17 Å². The van der Waals surface area contributed by atoms with Crippen LogP contribution in [0.25, 0.3) is 0 Å². The predicted molar refractivity (Wildman–Crippen MR) is 87.1 cm³/mol. The minimum Gasteiger partial charge on any atom is -0.318 e. The average molecular weight is 306 g/mol. The lowest BCUT2D eigenvalue weighted by molar-refractivity contribution is -0.133. The van der Waals surface area contributed by atoms with Crippen molar-refractivity contribution < 1.29 is 4.79 Å². The highest BCUT2D eigenvalue weighted by atomic mass is 32.1. The summed E-state index contributed by atoms with van der Waals surface area (Å²) in [4.78, 5) is 16.3. The molecule has 3 rings (SSSR count). The van der Waals surface area contributed by atoms with Gasteiger partial charge in [-0.15, -0.1) is 11.3 Å². The first-order chi connectivity index (χ1) is 10.1. The summed E-state index contributed by atoms with van der Waals surface area (Å²) < 4.78 is 0. The number of nitrogens with one attached hydrogen (secondary N) is 1. The Morgan fingerprint density at radius 1 is 1.43 bits per heavy atom. The molecule has 1 saturated carbocycles. The first-order valence-electron chi connectivity index (χ1n) is 8.23. The number of amides is 1. The molecule has 1 aliphatic carbocycles. The quantitative estimate of drug-likeness (QED) is 0.867. The van der Waals surface area contributed by atoms with Crippen LogP contribution in [0.2, 0.25) is 0 Å². The maximum Gasteiger partial charge on any atom is 0.241 e. The van der Waals surface area contributed by atoms with Gasteiger partial charge in [0.2, 0.25) is 5.91 Å². The lowest BCUT2D eigenvalue weighted by Crippen LogP contribution is -2.39. The number of nitrogens with zero attached hydrogens (tertiary/aromatic N) is 1. The molecule has 0 spiro atoms. The molecule has 21 heavy (non-hydrogen) atoms. The molecule has 4 atom stereocenters. The molecule has 1 aromatic rings. The van der Waals surface area contributed by atoms with Gasteiger partial charge < -0.3 is 4.90 Å². The van der Waals surface area contributed by atoms with Crippen LogP contribution in [0, 0.1) is 11.8 Å². The molecule has 1 N–H and O–H groups in total. The number of carbonyl (C=O) groups excluding carboxylic acids is 1. The topological polar surface area (TPSA) is 32.3 Å². The molecule has 1 saturated heterocycles. The predicted octanol–water partition coefficient (Wildman–Crippen LogP) is 3.78. The molecule has 2 heterocycles. The van der Waals surface area contributed by atoms with Gasteiger partial charge in [0, 0.05) is 10.9 Å². The van der Waals surface area contributed by atoms with Crippen LogP contribution >= 0.6 is 11.3 Å². The Labute approximate surface area is 131 Å². The normalized spacial score (nSPS) is 28.9. The average Bonchev–Trinajstić information content (AvgIpc) is 3.00. The van der Waals surface area contributed by atoms with Crippen molar-refractivity contribution in [1.29, 1.82) is 0 Å². The largest absolute Gasteiger partial charge is 0.318 e. The summed E-state index contributed by atoms with van der Waals surface area (Å²) in [5.74, 6) is 1.54. The lowest BCUT2D eigenvalue weighted by Gasteiger charge is -2.30. The van der Waals surface area contributed by atoms with Crippen LogP contribution in [-0.4, -0.2) is 22.9 Å². The van der Waals surface area contributed by atoms with Crippen LogP contribution in [0.1, 0.15) is 57.5 Å². The van der Waals surface area contributed by atoms with E-state index in [2.05, 4.69) is 48.5 Å². The minimum atomic E-state index is -0.0243. The third kappa shape index (κ3) is 3.02. The fourth-order valence-electron chi connectivity index (χ4n) is 3.34. The molecule has 1 amide bonds. The second-order valence-electron chi connectivity index (χ2n) is 6.72. The monoisotopic (exact) mass is 306 g/mol. The second kappa shape index (κ2) is 6.09. The molecular formula is C17H26N2OS. The first kappa shape index (κ1) is 15.0. The summed E-state index contributed by atoms with van der Waals surface area (Å²) in [5.41, 5.74) is 0. The highest BCUT2D eigenvalue weighted by Crippen LogP contribution is 2.39. The van der Waals surface area contributed by atoms with E-state index in [0.29, 0.717) is 17.9 Å². The Morgan fingerprint density at radius 2 is 2.19 bits per heavy atom. The van der Waals surface area contributed by atoms with Gasteiger partial charge in [-0.3, -0.25) is 10.1 Å². The van der Waals surface area contributed by atoms with Crippen LogP contribution in [0.3, 0.4) is 0 Å². The van der Waals surface area contributed by atoms with E-state index in [-0.39, 0.29) is 12.2 Å². The van der Waals surface area contributed by atoms with E-state index in [1.54, 1.807) is 11.3 Å². The Balaban J connectivity index is 1.82. The zero-order valence-corrected chi connectivity index (χ0v) is 14.0. The van der Waals surface area contributed by atoms with Gasteiger partial charge in [-0.05, 0) is 36.6 Å². The molecule has 116 valence electrons. The summed E-state index contributed by atoms with van der Waals surface area (Å²) in [7, 11) is 0. The van der Waals surface area contributed by atoms with E-state index in [1.165, 1.54) is 17.7 Å². The SMILES string of the molecule is CCC(C)C1NC(c2cccs2)N(C(C)CC2CC2)C1=O. The summed E-state index contributed by atoms with van der Waals surface area (Å²) in [6.45, 7) is 6.56. The zero-order chi connectivity index (χ0) is 15.0. The number of hydrogen-bond donors (Lipinski definition) is 1. The molecule has 2 aliphatic rings. The van der Waals surface area contributed by atoms with E-state index in [4.69, 9.17) is 0 Å². The molecule has 0 bridgehead atoms. The maximum absolute atomic E-state index is 12.9. The molecule has 4 unspecified atom stereocenters. The Bertz CT molecular complexity index is 483. The molecule has 1 aliphatic heterocycles. The van der Waals surface area contributed by atoms with Gasteiger partial charge in [0.15, 0.2) is 0 Å². The van der Waals surface area contributed by atoms with Crippen LogP contribution < -0.4 is 5.32 Å². The van der Waals surface area contributed by atoms with Crippen LogP contribution in [0.4, 0.5) is 0 Å². The van der Waals surface area contributed by atoms with Crippen LogP contribution in [0.5, 0.6) is 0 Å². The lowest BCUT2D eigenvalue weighted by atomic mass is 9.99. The molecule has 0 aromatic carbocycles. The Hall–Kier alpha value is -0.870.